The molecule has 3 rings (SSSR count). The van der Waals surface area contributed by atoms with Crippen molar-refractivity contribution in [3.63, 3.8) is 0 Å². The van der Waals surface area contributed by atoms with E-state index in [1.807, 2.05) is 12.1 Å². The molecule has 2 aromatic rings. The number of benzene rings is 1. The maximum atomic E-state index is 11.5. The van der Waals surface area contributed by atoms with Gasteiger partial charge in [0.2, 0.25) is 0 Å². The summed E-state index contributed by atoms with van der Waals surface area (Å²) in [6.45, 7) is 1.83. The number of hydrogen-bond acceptors (Lipinski definition) is 6. The van der Waals surface area contributed by atoms with E-state index in [0.717, 1.165) is 25.2 Å². The van der Waals surface area contributed by atoms with Crippen LogP contribution in [0.5, 0.6) is 0 Å². The first-order valence-electron chi connectivity index (χ1n) is 6.77. The summed E-state index contributed by atoms with van der Waals surface area (Å²) in [6.07, 6.45) is 3.94. The Bertz CT molecular complexity index is 672. The number of aromatic nitrogens is 2. The fourth-order valence-corrected chi connectivity index (χ4v) is 2.42. The van der Waals surface area contributed by atoms with Gasteiger partial charge in [-0.3, -0.25) is 4.98 Å². The van der Waals surface area contributed by atoms with Gasteiger partial charge in [0.1, 0.15) is 5.82 Å². The largest absolute Gasteiger partial charge is 0.464 e. The molecule has 0 amide bonds. The predicted molar refractivity (Wildman–Crippen MR) is 78.5 cm³/mol. The SMILES string of the molecule is COC(=O)c1cncc(Nc2cccc3c2CCNC3)n1. The van der Waals surface area contributed by atoms with Crippen LogP contribution in [-0.4, -0.2) is 29.6 Å². The smallest absolute Gasteiger partial charge is 0.358 e. The zero-order valence-electron chi connectivity index (χ0n) is 11.7. The summed E-state index contributed by atoms with van der Waals surface area (Å²) in [5, 5.41) is 6.59. The van der Waals surface area contributed by atoms with Crippen LogP contribution in [0.4, 0.5) is 11.5 Å². The maximum absolute atomic E-state index is 11.5. The maximum Gasteiger partial charge on any atom is 0.358 e. The molecule has 0 aliphatic carbocycles. The molecule has 0 saturated carbocycles. The first-order chi connectivity index (χ1) is 10.3. The zero-order valence-corrected chi connectivity index (χ0v) is 11.7. The molecule has 2 N–H and O–H groups in total. The number of rotatable bonds is 3. The second-order valence-corrected chi connectivity index (χ2v) is 4.78. The highest BCUT2D eigenvalue weighted by atomic mass is 16.5. The third kappa shape index (κ3) is 2.85. The van der Waals surface area contributed by atoms with E-state index in [1.54, 1.807) is 6.20 Å². The van der Waals surface area contributed by atoms with E-state index in [1.165, 1.54) is 24.4 Å². The second-order valence-electron chi connectivity index (χ2n) is 4.78. The number of anilines is 2. The van der Waals surface area contributed by atoms with Gasteiger partial charge in [-0.1, -0.05) is 12.1 Å². The average molecular weight is 284 g/mol. The highest BCUT2D eigenvalue weighted by Crippen LogP contribution is 2.25. The Morgan fingerprint density at radius 1 is 1.38 bits per heavy atom. The standard InChI is InChI=1S/C15H16N4O2/c1-21-15(20)13-8-17-9-14(19-13)18-12-4-2-3-10-7-16-6-5-11(10)12/h2-4,8-9,16H,5-7H2,1H3,(H,18,19). The number of ether oxygens (including phenoxy) is 1. The molecule has 1 aromatic carbocycles. The number of esters is 1. The number of carbonyl (C=O) groups excluding carboxylic acids is 1. The van der Waals surface area contributed by atoms with E-state index in [-0.39, 0.29) is 5.69 Å². The van der Waals surface area contributed by atoms with Gasteiger partial charge < -0.3 is 15.4 Å². The van der Waals surface area contributed by atoms with E-state index >= 15 is 0 Å². The minimum absolute atomic E-state index is 0.189. The van der Waals surface area contributed by atoms with Crippen molar-refractivity contribution in [1.29, 1.82) is 0 Å². The Kier molecular flexibility index (Phi) is 3.79. The highest BCUT2D eigenvalue weighted by Gasteiger charge is 2.14. The van der Waals surface area contributed by atoms with Gasteiger partial charge >= 0.3 is 5.97 Å². The Morgan fingerprint density at radius 2 is 2.29 bits per heavy atom. The molecule has 0 spiro atoms. The molecule has 1 aliphatic heterocycles. The number of hydrogen-bond donors (Lipinski definition) is 2. The van der Waals surface area contributed by atoms with Crippen molar-refractivity contribution in [2.75, 3.05) is 19.0 Å². The molecule has 6 heteroatoms. The van der Waals surface area contributed by atoms with E-state index in [4.69, 9.17) is 0 Å². The number of fused-ring (bicyclic) bond motifs is 1. The molecule has 0 unspecified atom stereocenters. The van der Waals surface area contributed by atoms with E-state index in [9.17, 15) is 4.79 Å². The van der Waals surface area contributed by atoms with Crippen molar-refractivity contribution in [3.8, 4) is 0 Å². The summed E-state index contributed by atoms with van der Waals surface area (Å²) in [5.41, 5.74) is 3.75. The molecule has 21 heavy (non-hydrogen) atoms. The van der Waals surface area contributed by atoms with Crippen molar-refractivity contribution < 1.29 is 9.53 Å². The molecular weight excluding hydrogens is 268 g/mol. The molecule has 0 fully saturated rings. The molecular formula is C15H16N4O2. The van der Waals surface area contributed by atoms with Crippen LogP contribution in [-0.2, 0) is 17.7 Å². The van der Waals surface area contributed by atoms with Crippen molar-refractivity contribution >= 4 is 17.5 Å². The van der Waals surface area contributed by atoms with Gasteiger partial charge in [0.05, 0.1) is 19.5 Å². The lowest BCUT2D eigenvalue weighted by molar-refractivity contribution is 0.0593. The van der Waals surface area contributed by atoms with Crippen LogP contribution in [0.15, 0.2) is 30.6 Å². The third-order valence-electron chi connectivity index (χ3n) is 3.43. The van der Waals surface area contributed by atoms with Gasteiger partial charge in [0, 0.05) is 12.2 Å². The van der Waals surface area contributed by atoms with Crippen molar-refractivity contribution in [2.24, 2.45) is 0 Å². The van der Waals surface area contributed by atoms with Crippen LogP contribution in [0, 0.1) is 0 Å². The summed E-state index contributed by atoms with van der Waals surface area (Å²) < 4.78 is 4.65. The summed E-state index contributed by atoms with van der Waals surface area (Å²) in [7, 11) is 1.32. The molecule has 1 aliphatic rings. The Morgan fingerprint density at radius 3 is 3.14 bits per heavy atom. The van der Waals surface area contributed by atoms with Gasteiger partial charge in [-0.05, 0) is 30.2 Å². The molecule has 0 saturated heterocycles. The van der Waals surface area contributed by atoms with Gasteiger partial charge in [-0.15, -0.1) is 0 Å². The molecule has 6 nitrogen and oxygen atoms in total. The fourth-order valence-electron chi connectivity index (χ4n) is 2.42. The Balaban J connectivity index is 1.89. The van der Waals surface area contributed by atoms with Crippen LogP contribution in [0.2, 0.25) is 0 Å². The van der Waals surface area contributed by atoms with Crippen molar-refractivity contribution in [1.82, 2.24) is 15.3 Å². The predicted octanol–water partition coefficient (Wildman–Crippen LogP) is 1.65. The molecule has 0 radical (unpaired) electrons. The number of nitrogens with zero attached hydrogens (tertiary/aromatic N) is 2. The molecule has 108 valence electrons. The normalized spacial score (nSPS) is 13.4. The Labute approximate surface area is 122 Å². The lowest BCUT2D eigenvalue weighted by Crippen LogP contribution is -2.24. The van der Waals surface area contributed by atoms with Gasteiger partial charge in [0.15, 0.2) is 5.69 Å². The molecule has 1 aromatic heterocycles. The van der Waals surface area contributed by atoms with Gasteiger partial charge in [-0.25, -0.2) is 9.78 Å². The lowest BCUT2D eigenvalue weighted by Gasteiger charge is -2.20. The quantitative estimate of drug-likeness (QED) is 0.835. The van der Waals surface area contributed by atoms with Gasteiger partial charge in [-0.2, -0.15) is 0 Å². The summed E-state index contributed by atoms with van der Waals surface area (Å²) >= 11 is 0. The fraction of sp³-hybridized carbons (Fsp3) is 0.267. The topological polar surface area (TPSA) is 76.1 Å². The van der Waals surface area contributed by atoms with E-state index in [2.05, 4.69) is 31.4 Å². The lowest BCUT2D eigenvalue weighted by atomic mass is 9.99. The summed E-state index contributed by atoms with van der Waals surface area (Å²) in [5.74, 6) is 0.0373. The average Bonchev–Trinajstić information content (AvgIpc) is 2.55. The van der Waals surface area contributed by atoms with Gasteiger partial charge in [0.25, 0.3) is 0 Å². The number of carbonyl (C=O) groups is 1. The monoisotopic (exact) mass is 284 g/mol. The first-order valence-corrected chi connectivity index (χ1v) is 6.77. The van der Waals surface area contributed by atoms with E-state index < -0.39 is 5.97 Å². The Hall–Kier alpha value is -2.47. The third-order valence-corrected chi connectivity index (χ3v) is 3.43. The number of nitrogens with one attached hydrogen (secondary N) is 2. The van der Waals surface area contributed by atoms with Crippen LogP contribution in [0.25, 0.3) is 0 Å². The molecule has 0 bridgehead atoms. The second kappa shape index (κ2) is 5.88. The zero-order chi connectivity index (χ0) is 14.7. The van der Waals surface area contributed by atoms with Crippen LogP contribution in [0.3, 0.4) is 0 Å². The highest BCUT2D eigenvalue weighted by molar-refractivity contribution is 5.87. The van der Waals surface area contributed by atoms with E-state index in [0.29, 0.717) is 5.82 Å². The molecule has 0 atom stereocenters. The first kappa shape index (κ1) is 13.5. The number of methoxy groups -OCH3 is 1. The minimum Gasteiger partial charge on any atom is -0.464 e. The minimum atomic E-state index is -0.495. The summed E-state index contributed by atoms with van der Waals surface area (Å²) in [4.78, 5) is 19.7. The summed E-state index contributed by atoms with van der Waals surface area (Å²) in [6, 6.07) is 6.13. The van der Waals surface area contributed by atoms with Crippen LogP contribution >= 0.6 is 0 Å². The van der Waals surface area contributed by atoms with Crippen molar-refractivity contribution in [2.45, 2.75) is 13.0 Å². The van der Waals surface area contributed by atoms with Crippen LogP contribution < -0.4 is 10.6 Å². The van der Waals surface area contributed by atoms with Crippen LogP contribution in [0.1, 0.15) is 21.6 Å². The molecule has 2 heterocycles. The van der Waals surface area contributed by atoms with Crippen molar-refractivity contribution in [3.05, 3.63) is 47.4 Å².